The molecule has 4 aromatic carbocycles. The predicted molar refractivity (Wildman–Crippen MR) is 189 cm³/mol. The maximum atomic E-state index is 12.5. The number of fused-ring (bicyclic) bond motifs is 2. The van der Waals surface area contributed by atoms with Gasteiger partial charge < -0.3 is 30.1 Å². The SMILES string of the molecule is COc1ccc2nc(SCC(=O)Nc3ccc(SSc4ccc(NC(=O)CSc5nc6ccc(OC)cc6[nH]5)cc4)cc3)[nH]c2c1. The summed E-state index contributed by atoms with van der Waals surface area (Å²) in [7, 11) is 6.47. The fourth-order valence-corrected chi connectivity index (χ4v) is 7.57. The number of hydrogen-bond acceptors (Lipinski definition) is 10. The molecule has 0 aliphatic rings. The predicted octanol–water partition coefficient (Wildman–Crippen LogP) is 7.72. The Morgan fingerprint density at radius 3 is 1.43 bits per heavy atom. The van der Waals surface area contributed by atoms with E-state index >= 15 is 0 Å². The zero-order chi connectivity index (χ0) is 31.9. The molecule has 46 heavy (non-hydrogen) atoms. The Morgan fingerprint density at radius 1 is 0.630 bits per heavy atom. The molecule has 0 fully saturated rings. The van der Waals surface area contributed by atoms with E-state index in [0.29, 0.717) is 10.3 Å². The average Bonchev–Trinajstić information content (AvgIpc) is 3.69. The highest BCUT2D eigenvalue weighted by molar-refractivity contribution is 8.76. The number of aromatic nitrogens is 4. The number of anilines is 2. The van der Waals surface area contributed by atoms with Crippen LogP contribution in [0.3, 0.4) is 0 Å². The second kappa shape index (κ2) is 14.9. The highest BCUT2D eigenvalue weighted by Crippen LogP contribution is 2.38. The van der Waals surface area contributed by atoms with E-state index in [1.54, 1.807) is 35.8 Å². The van der Waals surface area contributed by atoms with E-state index in [0.717, 1.165) is 54.7 Å². The third kappa shape index (κ3) is 8.31. The largest absolute Gasteiger partial charge is 0.497 e. The van der Waals surface area contributed by atoms with E-state index in [2.05, 4.69) is 30.6 Å². The van der Waals surface area contributed by atoms with Crippen LogP contribution < -0.4 is 20.1 Å². The smallest absolute Gasteiger partial charge is 0.234 e. The quantitative estimate of drug-likeness (QED) is 0.0706. The van der Waals surface area contributed by atoms with Crippen LogP contribution in [0.1, 0.15) is 0 Å². The molecule has 0 spiro atoms. The van der Waals surface area contributed by atoms with Crippen LogP contribution in [0, 0.1) is 0 Å². The number of methoxy groups -OCH3 is 2. The third-order valence-corrected chi connectivity index (χ3v) is 10.7. The van der Waals surface area contributed by atoms with Gasteiger partial charge in [0.25, 0.3) is 0 Å². The molecule has 14 heteroatoms. The number of benzene rings is 4. The fraction of sp³-hybridized carbons (Fsp3) is 0.125. The molecule has 0 saturated heterocycles. The zero-order valence-corrected chi connectivity index (χ0v) is 27.9. The summed E-state index contributed by atoms with van der Waals surface area (Å²) in [6, 6.07) is 26.7. The molecule has 10 nitrogen and oxygen atoms in total. The summed E-state index contributed by atoms with van der Waals surface area (Å²) in [6.45, 7) is 0. The average molecular weight is 689 g/mol. The minimum Gasteiger partial charge on any atom is -0.497 e. The van der Waals surface area contributed by atoms with Gasteiger partial charge in [-0.05, 0) is 72.8 Å². The maximum absolute atomic E-state index is 12.5. The van der Waals surface area contributed by atoms with E-state index in [1.165, 1.54) is 23.5 Å². The van der Waals surface area contributed by atoms with Crippen LogP contribution in [0.15, 0.2) is 105 Å². The van der Waals surface area contributed by atoms with Crippen molar-refractivity contribution in [1.29, 1.82) is 0 Å². The zero-order valence-electron chi connectivity index (χ0n) is 24.7. The van der Waals surface area contributed by atoms with Crippen molar-refractivity contribution in [1.82, 2.24) is 19.9 Å². The lowest BCUT2D eigenvalue weighted by Gasteiger charge is -2.07. The Kier molecular flexibility index (Phi) is 10.3. The van der Waals surface area contributed by atoms with Crippen molar-refractivity contribution in [2.75, 3.05) is 36.4 Å². The molecule has 6 aromatic rings. The van der Waals surface area contributed by atoms with Gasteiger partial charge in [-0.3, -0.25) is 9.59 Å². The Balaban J connectivity index is 0.916. The van der Waals surface area contributed by atoms with Crippen LogP contribution in [-0.4, -0.2) is 57.5 Å². The normalized spacial score (nSPS) is 11.1. The van der Waals surface area contributed by atoms with E-state index in [1.807, 2.05) is 84.9 Å². The molecule has 0 bridgehead atoms. The van der Waals surface area contributed by atoms with Crippen LogP contribution in [0.2, 0.25) is 0 Å². The van der Waals surface area contributed by atoms with Gasteiger partial charge >= 0.3 is 0 Å². The fourth-order valence-electron chi connectivity index (χ4n) is 4.27. The summed E-state index contributed by atoms with van der Waals surface area (Å²) in [5, 5.41) is 7.22. The molecule has 0 atom stereocenters. The standard InChI is InChI=1S/C32H28N6O4S4/c1-41-21-7-13-25-27(15-21)37-31(35-25)43-17-29(39)33-19-3-9-23(10-4-19)45-46-24-11-5-20(6-12-24)34-30(40)18-44-32-36-26-14-8-22(42-2)16-28(26)38-32/h3-16H,17-18H2,1-2H3,(H,33,39)(H,34,40)(H,35,37)(H,36,38). The molecule has 2 heterocycles. The second-order valence-corrected chi connectivity index (χ2v) is 13.9. The number of H-pyrrole nitrogens is 2. The lowest BCUT2D eigenvalue weighted by Crippen LogP contribution is -2.14. The first-order valence-corrected chi connectivity index (χ1v) is 18.0. The molecule has 2 amide bonds. The minimum absolute atomic E-state index is 0.112. The summed E-state index contributed by atoms with van der Waals surface area (Å²) in [5.41, 5.74) is 4.84. The summed E-state index contributed by atoms with van der Waals surface area (Å²) in [5.74, 6) is 1.74. The highest BCUT2D eigenvalue weighted by atomic mass is 33.1. The number of amides is 2. The minimum atomic E-state index is -0.112. The van der Waals surface area contributed by atoms with E-state index in [4.69, 9.17) is 9.47 Å². The number of carbonyl (C=O) groups excluding carboxylic acids is 2. The van der Waals surface area contributed by atoms with Crippen LogP contribution in [0.5, 0.6) is 11.5 Å². The van der Waals surface area contributed by atoms with Gasteiger partial charge in [0, 0.05) is 33.3 Å². The molecule has 2 aromatic heterocycles. The Hall–Kier alpha value is -4.24. The van der Waals surface area contributed by atoms with Crippen LogP contribution in [0.4, 0.5) is 11.4 Å². The van der Waals surface area contributed by atoms with Crippen LogP contribution in [-0.2, 0) is 9.59 Å². The van der Waals surface area contributed by atoms with E-state index < -0.39 is 0 Å². The number of thioether (sulfide) groups is 2. The van der Waals surface area contributed by atoms with Crippen LogP contribution >= 0.6 is 45.1 Å². The molecule has 4 N–H and O–H groups in total. The first-order chi connectivity index (χ1) is 22.4. The highest BCUT2D eigenvalue weighted by Gasteiger charge is 2.11. The van der Waals surface area contributed by atoms with Gasteiger partial charge in [-0.15, -0.1) is 0 Å². The number of imidazole rings is 2. The van der Waals surface area contributed by atoms with Gasteiger partial charge in [-0.2, -0.15) is 0 Å². The molecule has 6 rings (SSSR count). The number of nitrogens with zero attached hydrogens (tertiary/aromatic N) is 2. The number of rotatable bonds is 13. The second-order valence-electron chi connectivity index (χ2n) is 9.74. The number of ether oxygens (including phenoxy) is 2. The summed E-state index contributed by atoms with van der Waals surface area (Å²) in [4.78, 5) is 42.6. The van der Waals surface area contributed by atoms with Crippen LogP contribution in [0.25, 0.3) is 22.1 Å². The molecule has 0 radical (unpaired) electrons. The lowest BCUT2D eigenvalue weighted by atomic mass is 10.3. The number of aromatic amines is 2. The van der Waals surface area contributed by atoms with Crippen molar-refractivity contribution in [2.24, 2.45) is 0 Å². The Labute approximate surface area is 281 Å². The summed E-state index contributed by atoms with van der Waals surface area (Å²) < 4.78 is 10.5. The van der Waals surface area contributed by atoms with Gasteiger partial charge in [-0.1, -0.05) is 45.1 Å². The van der Waals surface area contributed by atoms with Crippen molar-refractivity contribution >= 4 is 90.4 Å². The van der Waals surface area contributed by atoms with Gasteiger partial charge in [0.05, 0.1) is 47.8 Å². The van der Waals surface area contributed by atoms with Crippen molar-refractivity contribution in [3.8, 4) is 11.5 Å². The Bertz CT molecular complexity index is 1840. The van der Waals surface area contributed by atoms with E-state index in [-0.39, 0.29) is 23.3 Å². The van der Waals surface area contributed by atoms with Crippen molar-refractivity contribution < 1.29 is 19.1 Å². The molecule has 0 saturated carbocycles. The first kappa shape index (κ1) is 31.7. The molecule has 234 valence electrons. The van der Waals surface area contributed by atoms with Crippen molar-refractivity contribution in [3.05, 3.63) is 84.9 Å². The van der Waals surface area contributed by atoms with Crippen molar-refractivity contribution in [2.45, 2.75) is 20.1 Å². The number of hydrogen-bond donors (Lipinski definition) is 4. The summed E-state index contributed by atoms with van der Waals surface area (Å²) in [6.07, 6.45) is 0. The molecule has 0 unspecified atom stereocenters. The monoisotopic (exact) mass is 688 g/mol. The number of nitrogens with one attached hydrogen (secondary N) is 4. The molecule has 0 aliphatic heterocycles. The van der Waals surface area contributed by atoms with Gasteiger partial charge in [0.1, 0.15) is 11.5 Å². The third-order valence-electron chi connectivity index (χ3n) is 6.52. The molecular formula is C32H28N6O4S4. The number of carbonyl (C=O) groups is 2. The lowest BCUT2D eigenvalue weighted by molar-refractivity contribution is -0.114. The first-order valence-electron chi connectivity index (χ1n) is 13.9. The topological polar surface area (TPSA) is 134 Å². The van der Waals surface area contributed by atoms with E-state index in [9.17, 15) is 9.59 Å². The summed E-state index contributed by atoms with van der Waals surface area (Å²) >= 11 is 2.69. The molecular weight excluding hydrogens is 661 g/mol. The van der Waals surface area contributed by atoms with Gasteiger partial charge in [-0.25, -0.2) is 9.97 Å². The van der Waals surface area contributed by atoms with Gasteiger partial charge in [0.15, 0.2) is 10.3 Å². The Morgan fingerprint density at radius 2 is 1.04 bits per heavy atom. The molecule has 0 aliphatic carbocycles. The van der Waals surface area contributed by atoms with Gasteiger partial charge in [0.2, 0.25) is 11.8 Å². The van der Waals surface area contributed by atoms with Crippen molar-refractivity contribution in [3.63, 3.8) is 0 Å². The maximum Gasteiger partial charge on any atom is 0.234 e.